The first-order chi connectivity index (χ1) is 9.19. The third kappa shape index (κ3) is 4.20. The topological polar surface area (TPSA) is 34.1 Å². The van der Waals surface area contributed by atoms with Gasteiger partial charge in [0.15, 0.2) is 0 Å². The highest BCUT2D eigenvalue weighted by molar-refractivity contribution is 9.10. The summed E-state index contributed by atoms with van der Waals surface area (Å²) in [5, 5.41) is 3.84. The van der Waals surface area contributed by atoms with Crippen molar-refractivity contribution in [2.45, 2.75) is 13.5 Å². The molecule has 0 aliphatic carbocycles. The Kier molecular flexibility index (Phi) is 5.19. The molecule has 0 aliphatic rings. The summed E-state index contributed by atoms with van der Waals surface area (Å²) in [5.41, 5.74) is 1.19. The van der Waals surface area contributed by atoms with Gasteiger partial charge in [0.1, 0.15) is 11.5 Å². The van der Waals surface area contributed by atoms with Crippen molar-refractivity contribution in [1.29, 1.82) is 0 Å². The maximum absolute atomic E-state index is 5.86. The second-order valence-electron chi connectivity index (χ2n) is 3.97. The number of nitrogens with one attached hydrogen (secondary N) is 1. The molecule has 2 rings (SSSR count). The lowest BCUT2D eigenvalue weighted by atomic mass is 10.2. The summed E-state index contributed by atoms with van der Waals surface area (Å²) in [5.74, 6) is 1.37. The fourth-order valence-electron chi connectivity index (χ4n) is 1.58. The zero-order valence-corrected chi connectivity index (χ0v) is 12.8. The third-order valence-corrected chi connectivity index (χ3v) is 3.45. The average Bonchev–Trinajstić information content (AvgIpc) is 2.38. The van der Waals surface area contributed by atoms with Gasteiger partial charge in [-0.2, -0.15) is 0 Å². The van der Waals surface area contributed by atoms with Crippen LogP contribution in [-0.4, -0.2) is 11.5 Å². The van der Waals surface area contributed by atoms with Crippen LogP contribution in [0, 0.1) is 0 Å². The molecule has 2 aromatic rings. The molecule has 1 N–H and O–H groups in total. The lowest BCUT2D eigenvalue weighted by Gasteiger charge is -2.09. The van der Waals surface area contributed by atoms with Gasteiger partial charge in [0.25, 0.3) is 0 Å². The van der Waals surface area contributed by atoms with E-state index in [2.05, 4.69) is 33.2 Å². The van der Waals surface area contributed by atoms with Gasteiger partial charge in [-0.15, -0.1) is 0 Å². The third-order valence-electron chi connectivity index (χ3n) is 2.51. The van der Waals surface area contributed by atoms with E-state index in [1.807, 2.05) is 18.2 Å². The van der Waals surface area contributed by atoms with Crippen LogP contribution < -0.4 is 10.1 Å². The van der Waals surface area contributed by atoms with Crippen LogP contribution in [0.25, 0.3) is 0 Å². The number of rotatable bonds is 5. The second-order valence-corrected chi connectivity index (χ2v) is 5.27. The highest BCUT2D eigenvalue weighted by Crippen LogP contribution is 2.27. The van der Waals surface area contributed by atoms with Crippen LogP contribution >= 0.6 is 27.5 Å². The van der Waals surface area contributed by atoms with Crippen LogP contribution in [0.3, 0.4) is 0 Å². The number of halogens is 2. The van der Waals surface area contributed by atoms with E-state index in [-0.39, 0.29) is 0 Å². The maximum Gasteiger partial charge on any atom is 0.147 e. The van der Waals surface area contributed by atoms with Crippen molar-refractivity contribution in [2.75, 3.05) is 6.54 Å². The number of benzene rings is 1. The minimum atomic E-state index is 0.556. The van der Waals surface area contributed by atoms with E-state index in [4.69, 9.17) is 16.3 Å². The highest BCUT2D eigenvalue weighted by Gasteiger charge is 2.04. The molecule has 1 heterocycles. The van der Waals surface area contributed by atoms with Crippen molar-refractivity contribution in [1.82, 2.24) is 10.3 Å². The molecular formula is C14H14BrClN2O. The molecule has 0 bridgehead atoms. The van der Waals surface area contributed by atoms with Crippen LogP contribution in [0.1, 0.15) is 12.5 Å². The summed E-state index contributed by atoms with van der Waals surface area (Å²) in [6.07, 6.45) is 3.20. The fourth-order valence-corrected chi connectivity index (χ4v) is 2.24. The number of hydrogen-bond acceptors (Lipinski definition) is 3. The molecule has 0 saturated carbocycles. The van der Waals surface area contributed by atoms with E-state index in [1.165, 1.54) is 5.56 Å². The van der Waals surface area contributed by atoms with E-state index < -0.39 is 0 Å². The highest BCUT2D eigenvalue weighted by atomic mass is 79.9. The van der Waals surface area contributed by atoms with Gasteiger partial charge in [-0.25, -0.2) is 0 Å². The lowest BCUT2D eigenvalue weighted by Crippen LogP contribution is -2.11. The van der Waals surface area contributed by atoms with Crippen LogP contribution in [-0.2, 0) is 6.54 Å². The molecule has 0 amide bonds. The normalized spacial score (nSPS) is 10.5. The predicted octanol–water partition coefficient (Wildman–Crippen LogP) is 4.40. The van der Waals surface area contributed by atoms with Gasteiger partial charge >= 0.3 is 0 Å². The molecule has 1 aromatic heterocycles. The van der Waals surface area contributed by atoms with E-state index in [1.54, 1.807) is 18.5 Å². The van der Waals surface area contributed by atoms with Gasteiger partial charge in [0.05, 0.1) is 11.2 Å². The van der Waals surface area contributed by atoms with Gasteiger partial charge in [0.2, 0.25) is 0 Å². The molecule has 19 heavy (non-hydrogen) atoms. The standard InChI is InChI=1S/C14H14BrClN2O/c1-2-17-7-10-3-4-12(6-14(10)15)19-13-5-11(16)8-18-9-13/h3-6,8-9,17H,2,7H2,1H3. The van der Waals surface area contributed by atoms with E-state index in [0.29, 0.717) is 10.8 Å². The summed E-state index contributed by atoms with van der Waals surface area (Å²) < 4.78 is 6.72. The Hall–Kier alpha value is -1.10. The fraction of sp³-hybridized carbons (Fsp3) is 0.214. The van der Waals surface area contributed by atoms with Crippen LogP contribution in [0.15, 0.2) is 41.1 Å². The Labute approximate surface area is 126 Å². The molecule has 0 radical (unpaired) electrons. The summed E-state index contributed by atoms with van der Waals surface area (Å²) in [4.78, 5) is 3.98. The number of hydrogen-bond donors (Lipinski definition) is 1. The maximum atomic E-state index is 5.86. The predicted molar refractivity (Wildman–Crippen MR) is 80.8 cm³/mol. The Morgan fingerprint density at radius 1 is 1.26 bits per heavy atom. The van der Waals surface area contributed by atoms with Crippen molar-refractivity contribution < 1.29 is 4.74 Å². The molecule has 3 nitrogen and oxygen atoms in total. The minimum Gasteiger partial charge on any atom is -0.456 e. The first-order valence-electron chi connectivity index (χ1n) is 5.96. The second kappa shape index (κ2) is 6.89. The summed E-state index contributed by atoms with van der Waals surface area (Å²) in [6, 6.07) is 7.63. The molecule has 0 saturated heterocycles. The number of aromatic nitrogens is 1. The smallest absolute Gasteiger partial charge is 0.147 e. The Morgan fingerprint density at radius 2 is 2.11 bits per heavy atom. The molecule has 0 atom stereocenters. The van der Waals surface area contributed by atoms with Gasteiger partial charge in [-0.1, -0.05) is 40.5 Å². The Bertz CT molecular complexity index is 563. The van der Waals surface area contributed by atoms with Crippen LogP contribution in [0.5, 0.6) is 11.5 Å². The van der Waals surface area contributed by atoms with Crippen molar-refractivity contribution >= 4 is 27.5 Å². The van der Waals surface area contributed by atoms with E-state index >= 15 is 0 Å². The first-order valence-corrected chi connectivity index (χ1v) is 7.13. The van der Waals surface area contributed by atoms with Crippen LogP contribution in [0.4, 0.5) is 0 Å². The first kappa shape index (κ1) is 14.3. The molecule has 100 valence electrons. The zero-order valence-electron chi connectivity index (χ0n) is 10.5. The van der Waals surface area contributed by atoms with Crippen LogP contribution in [0.2, 0.25) is 5.02 Å². The summed E-state index contributed by atoms with van der Waals surface area (Å²) in [7, 11) is 0. The number of nitrogens with zero attached hydrogens (tertiary/aromatic N) is 1. The quantitative estimate of drug-likeness (QED) is 0.875. The van der Waals surface area contributed by atoms with E-state index in [9.17, 15) is 0 Å². The van der Waals surface area contributed by atoms with Crippen molar-refractivity contribution in [3.05, 3.63) is 51.7 Å². The lowest BCUT2D eigenvalue weighted by molar-refractivity contribution is 0.479. The molecular weight excluding hydrogens is 328 g/mol. The number of pyridine rings is 1. The Balaban J connectivity index is 2.11. The monoisotopic (exact) mass is 340 g/mol. The molecule has 5 heteroatoms. The van der Waals surface area contributed by atoms with E-state index in [0.717, 1.165) is 23.3 Å². The van der Waals surface area contributed by atoms with Crippen molar-refractivity contribution in [3.8, 4) is 11.5 Å². The van der Waals surface area contributed by atoms with Gasteiger partial charge < -0.3 is 10.1 Å². The van der Waals surface area contributed by atoms with Gasteiger partial charge in [0, 0.05) is 23.3 Å². The van der Waals surface area contributed by atoms with Gasteiger partial charge in [-0.05, 0) is 24.2 Å². The molecule has 1 aromatic carbocycles. The summed E-state index contributed by atoms with van der Waals surface area (Å²) in [6.45, 7) is 3.85. The Morgan fingerprint density at radius 3 is 2.79 bits per heavy atom. The zero-order chi connectivity index (χ0) is 13.7. The SMILES string of the molecule is CCNCc1ccc(Oc2cncc(Cl)c2)cc1Br. The van der Waals surface area contributed by atoms with Crippen molar-refractivity contribution in [3.63, 3.8) is 0 Å². The molecule has 0 aliphatic heterocycles. The molecule has 0 spiro atoms. The van der Waals surface area contributed by atoms with Crippen molar-refractivity contribution in [2.24, 2.45) is 0 Å². The molecule has 0 fully saturated rings. The number of ether oxygens (including phenoxy) is 1. The minimum absolute atomic E-state index is 0.556. The van der Waals surface area contributed by atoms with Gasteiger partial charge in [-0.3, -0.25) is 4.98 Å². The average molecular weight is 342 g/mol. The summed E-state index contributed by atoms with van der Waals surface area (Å²) >= 11 is 9.41. The molecule has 0 unspecified atom stereocenters. The largest absolute Gasteiger partial charge is 0.456 e.